The third kappa shape index (κ3) is 3.18. The van der Waals surface area contributed by atoms with Crippen molar-refractivity contribution in [1.82, 2.24) is 5.32 Å². The molecule has 1 aromatic rings. The summed E-state index contributed by atoms with van der Waals surface area (Å²) in [5.41, 5.74) is -1.29. The van der Waals surface area contributed by atoms with Crippen molar-refractivity contribution in [2.45, 2.75) is 26.4 Å². The zero-order valence-corrected chi connectivity index (χ0v) is 14.0. The normalized spacial score (nSPS) is 20.3. The summed E-state index contributed by atoms with van der Waals surface area (Å²) in [6, 6.07) is 4.73. The number of ether oxygens (including phenoxy) is 2. The van der Waals surface area contributed by atoms with E-state index in [1.165, 1.54) is 13.8 Å². The van der Waals surface area contributed by atoms with E-state index in [0.29, 0.717) is 5.56 Å². The highest BCUT2D eigenvalue weighted by molar-refractivity contribution is 6.42. The largest absolute Gasteiger partial charge is 0.456 e. The van der Waals surface area contributed by atoms with Crippen LogP contribution in [-0.2, 0) is 29.5 Å². The molecular formula is C15H13Cl2NO5. The van der Waals surface area contributed by atoms with Crippen LogP contribution in [0.15, 0.2) is 29.8 Å². The summed E-state index contributed by atoms with van der Waals surface area (Å²) < 4.78 is 10.5. The van der Waals surface area contributed by atoms with Crippen molar-refractivity contribution in [3.8, 4) is 0 Å². The molecule has 0 fully saturated rings. The summed E-state index contributed by atoms with van der Waals surface area (Å²) in [5.74, 6) is -2.48. The SMILES string of the molecule is CC(=O)NC1=C(OC(C)=O)C(=O)C(C)(c2cccc(Cl)c2Cl)O1. The van der Waals surface area contributed by atoms with E-state index in [4.69, 9.17) is 32.7 Å². The number of ketones is 1. The predicted molar refractivity (Wildman–Crippen MR) is 82.5 cm³/mol. The molecule has 1 unspecified atom stereocenters. The van der Waals surface area contributed by atoms with E-state index in [9.17, 15) is 14.4 Å². The third-order valence-corrected chi connectivity index (χ3v) is 3.97. The van der Waals surface area contributed by atoms with Gasteiger partial charge in [0.25, 0.3) is 5.78 Å². The Kier molecular flexibility index (Phi) is 4.68. The van der Waals surface area contributed by atoms with Gasteiger partial charge in [-0.2, -0.15) is 0 Å². The summed E-state index contributed by atoms with van der Waals surface area (Å²) in [6.45, 7) is 3.81. The van der Waals surface area contributed by atoms with Gasteiger partial charge in [-0.05, 0) is 13.0 Å². The molecule has 2 rings (SSSR count). The van der Waals surface area contributed by atoms with Gasteiger partial charge in [0, 0.05) is 19.4 Å². The minimum atomic E-state index is -1.58. The average molecular weight is 358 g/mol. The zero-order valence-electron chi connectivity index (χ0n) is 12.5. The quantitative estimate of drug-likeness (QED) is 0.841. The monoisotopic (exact) mass is 357 g/mol. The van der Waals surface area contributed by atoms with Crippen molar-refractivity contribution < 1.29 is 23.9 Å². The fraction of sp³-hybridized carbons (Fsp3) is 0.267. The highest BCUT2D eigenvalue weighted by atomic mass is 35.5. The van der Waals surface area contributed by atoms with Gasteiger partial charge in [0.1, 0.15) is 0 Å². The lowest BCUT2D eigenvalue weighted by Gasteiger charge is -2.24. The Balaban J connectivity index is 2.51. The smallest absolute Gasteiger partial charge is 0.308 e. The number of hydrogen-bond acceptors (Lipinski definition) is 5. The molecule has 0 radical (unpaired) electrons. The van der Waals surface area contributed by atoms with Crippen LogP contribution in [0.4, 0.5) is 0 Å². The maximum atomic E-state index is 12.7. The molecule has 0 aromatic heterocycles. The number of carbonyl (C=O) groups excluding carboxylic acids is 3. The standard InChI is InChI=1S/C15H13Cl2NO5/c1-7(19)18-14-12(22-8(2)20)13(21)15(3,23-14)9-5-4-6-10(16)11(9)17/h4-6H,1-3H3,(H,18,19). The molecule has 122 valence electrons. The Labute approximate surface area is 142 Å². The van der Waals surface area contributed by atoms with Crippen LogP contribution in [0.2, 0.25) is 10.0 Å². The van der Waals surface area contributed by atoms with Crippen molar-refractivity contribution in [3.05, 3.63) is 45.5 Å². The number of Topliss-reactive ketones (excluding diaryl/α,β-unsaturated/α-hetero) is 1. The van der Waals surface area contributed by atoms with Crippen molar-refractivity contribution in [2.24, 2.45) is 0 Å². The van der Waals surface area contributed by atoms with Crippen molar-refractivity contribution in [2.75, 3.05) is 0 Å². The molecule has 0 saturated carbocycles. The second-order valence-electron chi connectivity index (χ2n) is 5.00. The molecule has 23 heavy (non-hydrogen) atoms. The van der Waals surface area contributed by atoms with E-state index in [0.717, 1.165) is 6.92 Å². The van der Waals surface area contributed by atoms with Gasteiger partial charge in [-0.3, -0.25) is 19.7 Å². The maximum Gasteiger partial charge on any atom is 0.308 e. The van der Waals surface area contributed by atoms with Crippen LogP contribution in [0.25, 0.3) is 0 Å². The van der Waals surface area contributed by atoms with Crippen LogP contribution >= 0.6 is 23.2 Å². The summed E-state index contributed by atoms with van der Waals surface area (Å²) in [6.07, 6.45) is 0. The van der Waals surface area contributed by atoms with Crippen LogP contribution in [0.5, 0.6) is 0 Å². The van der Waals surface area contributed by atoms with E-state index >= 15 is 0 Å². The second kappa shape index (κ2) is 6.22. The lowest BCUT2D eigenvalue weighted by atomic mass is 9.91. The molecule has 1 atom stereocenters. The first kappa shape index (κ1) is 17.3. The third-order valence-electron chi connectivity index (χ3n) is 3.15. The Hall–Kier alpha value is -2.05. The van der Waals surface area contributed by atoms with Crippen molar-refractivity contribution in [1.29, 1.82) is 0 Å². The minimum absolute atomic E-state index is 0.135. The highest BCUT2D eigenvalue weighted by Gasteiger charge is 2.50. The molecule has 8 heteroatoms. The molecule has 1 amide bonds. The van der Waals surface area contributed by atoms with Gasteiger partial charge in [0.05, 0.1) is 10.0 Å². The maximum absolute atomic E-state index is 12.7. The van der Waals surface area contributed by atoms with Gasteiger partial charge < -0.3 is 9.47 Å². The Bertz CT molecular complexity index is 743. The molecule has 0 saturated heterocycles. The summed E-state index contributed by atoms with van der Waals surface area (Å²) >= 11 is 12.1. The van der Waals surface area contributed by atoms with Crippen LogP contribution in [0, 0.1) is 0 Å². The number of hydrogen-bond donors (Lipinski definition) is 1. The molecule has 1 N–H and O–H groups in total. The van der Waals surface area contributed by atoms with Crippen LogP contribution in [-0.4, -0.2) is 17.7 Å². The Morgan fingerprint density at radius 2 is 1.91 bits per heavy atom. The molecule has 1 aliphatic rings. The van der Waals surface area contributed by atoms with Crippen LogP contribution < -0.4 is 5.32 Å². The van der Waals surface area contributed by atoms with Crippen molar-refractivity contribution >= 4 is 40.9 Å². The lowest BCUT2D eigenvalue weighted by Crippen LogP contribution is -2.32. The van der Waals surface area contributed by atoms with Gasteiger partial charge >= 0.3 is 5.97 Å². The first-order valence-corrected chi connectivity index (χ1v) is 7.31. The van der Waals surface area contributed by atoms with Gasteiger partial charge in [-0.1, -0.05) is 35.3 Å². The summed E-state index contributed by atoms with van der Waals surface area (Å²) in [7, 11) is 0. The van der Waals surface area contributed by atoms with E-state index < -0.39 is 23.3 Å². The fourth-order valence-corrected chi connectivity index (χ4v) is 2.63. The molecule has 0 aliphatic carbocycles. The number of esters is 1. The zero-order chi connectivity index (χ0) is 17.4. The molecule has 0 spiro atoms. The van der Waals surface area contributed by atoms with E-state index in [1.54, 1.807) is 18.2 Å². The average Bonchev–Trinajstić information content (AvgIpc) is 2.66. The molecule has 6 nitrogen and oxygen atoms in total. The van der Waals surface area contributed by atoms with E-state index in [-0.39, 0.29) is 21.7 Å². The van der Waals surface area contributed by atoms with E-state index in [2.05, 4.69) is 5.32 Å². The second-order valence-corrected chi connectivity index (χ2v) is 5.78. The Morgan fingerprint density at radius 1 is 1.26 bits per heavy atom. The lowest BCUT2D eigenvalue weighted by molar-refractivity contribution is -0.142. The van der Waals surface area contributed by atoms with Gasteiger partial charge in [-0.15, -0.1) is 0 Å². The molecular weight excluding hydrogens is 345 g/mol. The first-order valence-electron chi connectivity index (χ1n) is 6.55. The fourth-order valence-electron chi connectivity index (χ4n) is 2.14. The van der Waals surface area contributed by atoms with E-state index in [1.807, 2.05) is 0 Å². The number of amides is 1. The van der Waals surface area contributed by atoms with Gasteiger partial charge in [0.2, 0.25) is 23.2 Å². The molecule has 1 heterocycles. The topological polar surface area (TPSA) is 81.7 Å². The van der Waals surface area contributed by atoms with Crippen molar-refractivity contribution in [3.63, 3.8) is 0 Å². The number of nitrogens with one attached hydrogen (secondary N) is 1. The number of halogens is 2. The van der Waals surface area contributed by atoms with Gasteiger partial charge in [-0.25, -0.2) is 0 Å². The number of rotatable bonds is 3. The molecule has 0 bridgehead atoms. The first-order chi connectivity index (χ1) is 10.7. The molecule has 1 aromatic carbocycles. The minimum Gasteiger partial charge on any atom is -0.456 e. The number of carbonyl (C=O) groups is 3. The highest BCUT2D eigenvalue weighted by Crippen LogP contribution is 2.42. The predicted octanol–water partition coefficient (Wildman–Crippen LogP) is 2.68. The Morgan fingerprint density at radius 3 is 2.48 bits per heavy atom. The van der Waals surface area contributed by atoms with Crippen LogP contribution in [0.3, 0.4) is 0 Å². The molecule has 1 aliphatic heterocycles. The summed E-state index contributed by atoms with van der Waals surface area (Å²) in [5, 5.41) is 2.71. The van der Waals surface area contributed by atoms with Crippen LogP contribution in [0.1, 0.15) is 26.3 Å². The summed E-state index contributed by atoms with van der Waals surface area (Å²) in [4.78, 5) is 35.2. The number of benzene rings is 1. The van der Waals surface area contributed by atoms with Gasteiger partial charge in [0.15, 0.2) is 0 Å².